The van der Waals surface area contributed by atoms with Crippen molar-refractivity contribution in [2.24, 2.45) is 0 Å². The highest BCUT2D eigenvalue weighted by molar-refractivity contribution is 7.14. The third-order valence-electron chi connectivity index (χ3n) is 4.60. The molecule has 2 amide bonds. The molecule has 0 aliphatic carbocycles. The summed E-state index contributed by atoms with van der Waals surface area (Å²) in [7, 11) is 0. The van der Waals surface area contributed by atoms with Gasteiger partial charge in [-0.2, -0.15) is 0 Å². The van der Waals surface area contributed by atoms with Crippen LogP contribution in [-0.4, -0.2) is 34.3 Å². The number of likely N-dealkylation sites (tertiary alicyclic amines) is 1. The number of aromatic nitrogens is 1. The Kier molecular flexibility index (Phi) is 5.12. The van der Waals surface area contributed by atoms with E-state index in [9.17, 15) is 9.59 Å². The number of hydrogen-bond acceptors (Lipinski definition) is 6. The lowest BCUT2D eigenvalue weighted by Crippen LogP contribution is -2.42. The van der Waals surface area contributed by atoms with E-state index < -0.39 is 6.04 Å². The monoisotopic (exact) mass is 417 g/mol. The molecule has 1 aliphatic rings. The quantitative estimate of drug-likeness (QED) is 0.664. The molecule has 1 aliphatic heterocycles. The molecule has 5 nitrogen and oxygen atoms in total. The Morgan fingerprint density at radius 2 is 2.15 bits per heavy atom. The maximum atomic E-state index is 12.8. The Morgan fingerprint density at radius 3 is 2.85 bits per heavy atom. The van der Waals surface area contributed by atoms with Crippen LogP contribution in [0.5, 0.6) is 0 Å². The molecular formula is C19H19N3O2S3. The van der Waals surface area contributed by atoms with Crippen molar-refractivity contribution < 1.29 is 9.59 Å². The normalized spacial score (nSPS) is 16.7. The van der Waals surface area contributed by atoms with Crippen LogP contribution in [0, 0.1) is 13.8 Å². The van der Waals surface area contributed by atoms with Crippen molar-refractivity contribution in [2.75, 3.05) is 11.9 Å². The predicted molar refractivity (Wildman–Crippen MR) is 112 cm³/mol. The Balaban J connectivity index is 1.47. The third kappa shape index (κ3) is 3.69. The molecule has 1 N–H and O–H groups in total. The number of aryl methyl sites for hydroxylation is 2. The minimum atomic E-state index is -0.433. The van der Waals surface area contributed by atoms with Gasteiger partial charge in [0.2, 0.25) is 5.91 Å². The molecular weight excluding hydrogens is 398 g/mol. The molecule has 0 radical (unpaired) electrons. The second-order valence-electron chi connectivity index (χ2n) is 6.49. The number of hydrogen-bond donors (Lipinski definition) is 1. The fourth-order valence-corrected chi connectivity index (χ4v) is 5.68. The van der Waals surface area contributed by atoms with Crippen molar-refractivity contribution in [3.63, 3.8) is 0 Å². The number of nitrogens with one attached hydrogen (secondary N) is 1. The van der Waals surface area contributed by atoms with Gasteiger partial charge < -0.3 is 10.2 Å². The Morgan fingerprint density at radius 1 is 1.30 bits per heavy atom. The second-order valence-corrected chi connectivity index (χ2v) is 9.75. The Hall–Kier alpha value is -2.03. The predicted octanol–water partition coefficient (Wildman–Crippen LogP) is 4.79. The first-order chi connectivity index (χ1) is 13.0. The van der Waals surface area contributed by atoms with Crippen LogP contribution in [0.3, 0.4) is 0 Å². The van der Waals surface area contributed by atoms with E-state index in [2.05, 4.69) is 30.2 Å². The van der Waals surface area contributed by atoms with Gasteiger partial charge in [-0.1, -0.05) is 6.07 Å². The first-order valence-electron chi connectivity index (χ1n) is 8.71. The Labute approximate surface area is 169 Å². The first kappa shape index (κ1) is 18.3. The SMILES string of the molecule is Cc1cc(-c2csc(NC(=O)[C@@H]3CCCN3C(=O)c3cccs3)n2)c(C)s1. The summed E-state index contributed by atoms with van der Waals surface area (Å²) in [6.07, 6.45) is 1.52. The summed E-state index contributed by atoms with van der Waals surface area (Å²) >= 11 is 4.57. The molecule has 0 saturated carbocycles. The number of carbonyl (C=O) groups excluding carboxylic acids is 2. The molecule has 0 spiro atoms. The Bertz CT molecular complexity index is 974. The van der Waals surface area contributed by atoms with E-state index in [1.165, 1.54) is 32.4 Å². The number of thiophene rings is 2. The van der Waals surface area contributed by atoms with Gasteiger partial charge in [-0.15, -0.1) is 34.0 Å². The number of carbonyl (C=O) groups is 2. The van der Waals surface area contributed by atoms with Crippen LogP contribution >= 0.6 is 34.0 Å². The second kappa shape index (κ2) is 7.53. The molecule has 1 atom stereocenters. The van der Waals surface area contributed by atoms with Gasteiger partial charge in [-0.3, -0.25) is 9.59 Å². The number of amides is 2. The molecule has 1 fully saturated rings. The topological polar surface area (TPSA) is 62.3 Å². The molecule has 4 rings (SSSR count). The summed E-state index contributed by atoms with van der Waals surface area (Å²) in [4.78, 5) is 34.8. The van der Waals surface area contributed by atoms with Gasteiger partial charge in [0.05, 0.1) is 10.6 Å². The van der Waals surface area contributed by atoms with E-state index in [-0.39, 0.29) is 11.8 Å². The first-order valence-corrected chi connectivity index (χ1v) is 11.3. The largest absolute Gasteiger partial charge is 0.326 e. The van der Waals surface area contributed by atoms with Crippen molar-refractivity contribution in [1.29, 1.82) is 0 Å². The lowest BCUT2D eigenvalue weighted by atomic mass is 10.2. The molecule has 1 saturated heterocycles. The molecule has 0 bridgehead atoms. The minimum absolute atomic E-state index is 0.0631. The van der Waals surface area contributed by atoms with Gasteiger partial charge >= 0.3 is 0 Å². The van der Waals surface area contributed by atoms with Gasteiger partial charge in [0.15, 0.2) is 5.13 Å². The average Bonchev–Trinajstić information content (AvgIpc) is 3.42. The van der Waals surface area contributed by atoms with Gasteiger partial charge in [0, 0.05) is 27.2 Å². The van der Waals surface area contributed by atoms with Crippen LogP contribution in [0.1, 0.15) is 32.3 Å². The smallest absolute Gasteiger partial charge is 0.264 e. The van der Waals surface area contributed by atoms with Crippen molar-refractivity contribution in [3.05, 3.63) is 43.6 Å². The fourth-order valence-electron chi connectivity index (χ4n) is 3.35. The van der Waals surface area contributed by atoms with Crippen LogP contribution in [0.25, 0.3) is 11.3 Å². The minimum Gasteiger partial charge on any atom is -0.326 e. The van der Waals surface area contributed by atoms with Gasteiger partial charge in [0.25, 0.3) is 5.91 Å². The van der Waals surface area contributed by atoms with Crippen molar-refractivity contribution >= 4 is 51.0 Å². The van der Waals surface area contributed by atoms with Gasteiger partial charge in [-0.25, -0.2) is 4.98 Å². The van der Waals surface area contributed by atoms with E-state index in [0.29, 0.717) is 23.0 Å². The van der Waals surface area contributed by atoms with E-state index in [1.807, 2.05) is 16.8 Å². The average molecular weight is 418 g/mol. The fraction of sp³-hybridized carbons (Fsp3) is 0.316. The highest BCUT2D eigenvalue weighted by Gasteiger charge is 2.35. The third-order valence-corrected chi connectivity index (χ3v) is 7.18. The highest BCUT2D eigenvalue weighted by Crippen LogP contribution is 2.33. The number of rotatable bonds is 4. The van der Waals surface area contributed by atoms with Crippen LogP contribution < -0.4 is 5.32 Å². The van der Waals surface area contributed by atoms with Crippen LogP contribution in [0.15, 0.2) is 29.0 Å². The molecule has 3 aromatic heterocycles. The highest BCUT2D eigenvalue weighted by atomic mass is 32.1. The summed E-state index contributed by atoms with van der Waals surface area (Å²) in [5.74, 6) is -0.219. The number of thiazole rings is 1. The lowest BCUT2D eigenvalue weighted by molar-refractivity contribution is -0.119. The summed E-state index contributed by atoms with van der Waals surface area (Å²) in [5.41, 5.74) is 2.00. The van der Waals surface area contributed by atoms with Gasteiger partial charge in [-0.05, 0) is 44.2 Å². The standard InChI is InChI=1S/C19H19N3O2S3/c1-11-9-13(12(2)27-11)14-10-26-19(20-14)21-17(23)15-5-3-7-22(15)18(24)16-6-4-8-25-16/h4,6,8-10,15H,3,5,7H2,1-2H3,(H,20,21,23)/t15-/m0/s1. The summed E-state index contributed by atoms with van der Waals surface area (Å²) in [6.45, 7) is 4.78. The van der Waals surface area contributed by atoms with Crippen LogP contribution in [0.2, 0.25) is 0 Å². The van der Waals surface area contributed by atoms with Crippen LogP contribution in [0.4, 0.5) is 5.13 Å². The molecule has 0 aromatic carbocycles. The van der Waals surface area contributed by atoms with Crippen molar-refractivity contribution in [1.82, 2.24) is 9.88 Å². The van der Waals surface area contributed by atoms with Crippen molar-refractivity contribution in [3.8, 4) is 11.3 Å². The van der Waals surface area contributed by atoms with E-state index in [1.54, 1.807) is 22.3 Å². The maximum absolute atomic E-state index is 12.8. The zero-order valence-electron chi connectivity index (χ0n) is 15.0. The molecule has 140 valence electrons. The maximum Gasteiger partial charge on any atom is 0.264 e. The number of anilines is 1. The molecule has 0 unspecified atom stereocenters. The summed E-state index contributed by atoms with van der Waals surface area (Å²) < 4.78 is 0. The zero-order chi connectivity index (χ0) is 19.0. The number of nitrogens with zero attached hydrogens (tertiary/aromatic N) is 2. The molecule has 4 heterocycles. The van der Waals surface area contributed by atoms with Crippen molar-refractivity contribution in [2.45, 2.75) is 32.7 Å². The molecule has 8 heteroatoms. The molecule has 3 aromatic rings. The molecule has 27 heavy (non-hydrogen) atoms. The van der Waals surface area contributed by atoms with E-state index in [4.69, 9.17) is 0 Å². The lowest BCUT2D eigenvalue weighted by Gasteiger charge is -2.22. The zero-order valence-corrected chi connectivity index (χ0v) is 17.5. The van der Waals surface area contributed by atoms with Crippen LogP contribution in [-0.2, 0) is 4.79 Å². The summed E-state index contributed by atoms with van der Waals surface area (Å²) in [5, 5.41) is 7.33. The van der Waals surface area contributed by atoms with E-state index >= 15 is 0 Å². The van der Waals surface area contributed by atoms with E-state index in [0.717, 1.165) is 17.7 Å². The van der Waals surface area contributed by atoms with Gasteiger partial charge in [0.1, 0.15) is 6.04 Å². The summed E-state index contributed by atoms with van der Waals surface area (Å²) in [6, 6.07) is 5.35.